The Morgan fingerprint density at radius 3 is 2.53 bits per heavy atom. The third kappa shape index (κ3) is 4.40. The number of rotatable bonds is 4. The first-order valence-electron chi connectivity index (χ1n) is 11.4. The fourth-order valence-electron chi connectivity index (χ4n) is 5.50. The number of benzene rings is 2. The van der Waals surface area contributed by atoms with Crippen molar-refractivity contribution < 1.29 is 13.2 Å². The fraction of sp³-hybridized carbons (Fsp3) is 0.480. The summed E-state index contributed by atoms with van der Waals surface area (Å²) in [7, 11) is 0. The average molecular weight is 462 g/mol. The van der Waals surface area contributed by atoms with Crippen LogP contribution in [0.2, 0.25) is 5.02 Å². The SMILES string of the molecule is FC(F)(F)c1ccc2c(c1)nc(Cc1ccc(Cl)cc1)n2C[C@@H]1CCCN2CCCC[C@H]12. The molecule has 0 aliphatic carbocycles. The van der Waals surface area contributed by atoms with Crippen molar-refractivity contribution in [2.45, 2.75) is 57.3 Å². The number of halogens is 4. The van der Waals surface area contributed by atoms with Gasteiger partial charge in [-0.25, -0.2) is 4.98 Å². The first-order valence-corrected chi connectivity index (χ1v) is 11.8. The summed E-state index contributed by atoms with van der Waals surface area (Å²) in [6.45, 7) is 3.13. The molecule has 0 unspecified atom stereocenters. The molecule has 1 aromatic heterocycles. The highest BCUT2D eigenvalue weighted by Crippen LogP contribution is 2.35. The summed E-state index contributed by atoms with van der Waals surface area (Å²) in [5.74, 6) is 1.31. The van der Waals surface area contributed by atoms with Gasteiger partial charge in [-0.15, -0.1) is 0 Å². The molecule has 0 amide bonds. The van der Waals surface area contributed by atoms with E-state index in [1.165, 1.54) is 50.9 Å². The molecule has 0 radical (unpaired) electrons. The highest BCUT2D eigenvalue weighted by molar-refractivity contribution is 6.30. The van der Waals surface area contributed by atoms with Crippen LogP contribution < -0.4 is 0 Å². The van der Waals surface area contributed by atoms with Crippen LogP contribution in [0.5, 0.6) is 0 Å². The number of hydrogen-bond donors (Lipinski definition) is 0. The number of piperidine rings is 2. The summed E-state index contributed by atoms with van der Waals surface area (Å²) in [6, 6.07) is 12.1. The van der Waals surface area contributed by atoms with Gasteiger partial charge >= 0.3 is 6.18 Å². The van der Waals surface area contributed by atoms with E-state index in [0.717, 1.165) is 29.9 Å². The van der Waals surface area contributed by atoms with Crippen LogP contribution in [0.4, 0.5) is 13.2 Å². The highest BCUT2D eigenvalue weighted by atomic mass is 35.5. The van der Waals surface area contributed by atoms with Crippen molar-refractivity contribution in [2.75, 3.05) is 13.1 Å². The van der Waals surface area contributed by atoms with Gasteiger partial charge in [0, 0.05) is 24.0 Å². The molecule has 0 N–H and O–H groups in total. The normalized spacial score (nSPS) is 22.2. The molecule has 5 rings (SSSR count). The molecule has 0 bridgehead atoms. The van der Waals surface area contributed by atoms with Crippen LogP contribution in [0.1, 0.15) is 49.1 Å². The molecule has 0 spiro atoms. The molecular formula is C25H27ClF3N3. The predicted molar refractivity (Wildman–Crippen MR) is 121 cm³/mol. The second-order valence-corrected chi connectivity index (χ2v) is 9.58. The summed E-state index contributed by atoms with van der Waals surface area (Å²) >= 11 is 6.03. The highest BCUT2D eigenvalue weighted by Gasteiger charge is 2.34. The molecule has 2 fully saturated rings. The maximum atomic E-state index is 13.3. The zero-order valence-corrected chi connectivity index (χ0v) is 18.7. The first-order chi connectivity index (χ1) is 15.4. The zero-order chi connectivity index (χ0) is 22.3. The molecule has 0 saturated carbocycles. The molecule has 2 saturated heterocycles. The maximum absolute atomic E-state index is 13.3. The van der Waals surface area contributed by atoms with E-state index in [9.17, 15) is 13.2 Å². The lowest BCUT2D eigenvalue weighted by molar-refractivity contribution is -0.137. The van der Waals surface area contributed by atoms with Crippen molar-refractivity contribution in [3.05, 3.63) is 64.4 Å². The Hall–Kier alpha value is -2.05. The van der Waals surface area contributed by atoms with E-state index in [1.807, 2.05) is 24.3 Å². The molecular weight excluding hydrogens is 435 g/mol. The van der Waals surface area contributed by atoms with E-state index in [1.54, 1.807) is 6.07 Å². The second kappa shape index (κ2) is 8.71. The zero-order valence-electron chi connectivity index (χ0n) is 17.9. The summed E-state index contributed by atoms with van der Waals surface area (Å²) in [5, 5.41) is 0.664. The topological polar surface area (TPSA) is 21.1 Å². The van der Waals surface area contributed by atoms with E-state index < -0.39 is 11.7 Å². The molecule has 32 heavy (non-hydrogen) atoms. The molecule has 3 aromatic rings. The second-order valence-electron chi connectivity index (χ2n) is 9.14. The van der Waals surface area contributed by atoms with Gasteiger partial charge in [0.1, 0.15) is 5.82 Å². The van der Waals surface area contributed by atoms with Crippen molar-refractivity contribution in [1.82, 2.24) is 14.5 Å². The predicted octanol–water partition coefficient (Wildman–Crippen LogP) is 6.56. The van der Waals surface area contributed by atoms with Crippen molar-refractivity contribution in [1.29, 1.82) is 0 Å². The van der Waals surface area contributed by atoms with Crippen LogP contribution >= 0.6 is 11.6 Å². The van der Waals surface area contributed by atoms with Gasteiger partial charge in [-0.3, -0.25) is 0 Å². The third-order valence-corrected chi connectivity index (χ3v) is 7.33. The van der Waals surface area contributed by atoms with Crippen molar-refractivity contribution in [2.24, 2.45) is 5.92 Å². The van der Waals surface area contributed by atoms with Crippen LogP contribution in [0.25, 0.3) is 11.0 Å². The Morgan fingerprint density at radius 2 is 1.75 bits per heavy atom. The van der Waals surface area contributed by atoms with E-state index in [4.69, 9.17) is 16.6 Å². The molecule has 3 nitrogen and oxygen atoms in total. The van der Waals surface area contributed by atoms with Gasteiger partial charge in [0.15, 0.2) is 0 Å². The Balaban J connectivity index is 1.52. The smallest absolute Gasteiger partial charge is 0.327 e. The minimum atomic E-state index is -4.37. The maximum Gasteiger partial charge on any atom is 0.416 e. The van der Waals surface area contributed by atoms with Crippen LogP contribution in [-0.4, -0.2) is 33.6 Å². The fourth-order valence-corrected chi connectivity index (χ4v) is 5.63. The average Bonchev–Trinajstić information content (AvgIpc) is 3.11. The van der Waals surface area contributed by atoms with E-state index in [0.29, 0.717) is 28.9 Å². The Labute approximate surface area is 191 Å². The van der Waals surface area contributed by atoms with Crippen LogP contribution in [-0.2, 0) is 19.1 Å². The molecule has 2 atom stereocenters. The first kappa shape index (κ1) is 21.8. The molecule has 2 aromatic carbocycles. The number of hydrogen-bond acceptors (Lipinski definition) is 2. The number of aromatic nitrogens is 2. The van der Waals surface area contributed by atoms with Gasteiger partial charge in [0.2, 0.25) is 0 Å². The van der Waals surface area contributed by atoms with Crippen molar-refractivity contribution >= 4 is 22.6 Å². The third-order valence-electron chi connectivity index (χ3n) is 7.08. The minimum absolute atomic E-state index is 0.417. The monoisotopic (exact) mass is 461 g/mol. The van der Waals surface area contributed by atoms with Crippen LogP contribution in [0.3, 0.4) is 0 Å². The number of imidazole rings is 1. The molecule has 3 heterocycles. The minimum Gasteiger partial charge on any atom is -0.327 e. The largest absolute Gasteiger partial charge is 0.416 e. The summed E-state index contributed by atoms with van der Waals surface area (Å²) < 4.78 is 42.1. The van der Waals surface area contributed by atoms with Gasteiger partial charge in [0.25, 0.3) is 0 Å². The van der Waals surface area contributed by atoms with Gasteiger partial charge in [-0.05, 0) is 80.6 Å². The molecule has 170 valence electrons. The lowest BCUT2D eigenvalue weighted by Gasteiger charge is -2.44. The lowest BCUT2D eigenvalue weighted by Crippen LogP contribution is -2.49. The van der Waals surface area contributed by atoms with Gasteiger partial charge < -0.3 is 9.47 Å². The molecule has 2 aliphatic heterocycles. The van der Waals surface area contributed by atoms with Gasteiger partial charge in [0.05, 0.1) is 16.6 Å². The number of fused-ring (bicyclic) bond motifs is 2. The number of nitrogens with zero attached hydrogens (tertiary/aromatic N) is 3. The summed E-state index contributed by atoms with van der Waals surface area (Å²) in [4.78, 5) is 7.31. The lowest BCUT2D eigenvalue weighted by atomic mass is 9.83. The summed E-state index contributed by atoms with van der Waals surface area (Å²) in [6.07, 6.45) is 2.26. The Kier molecular flexibility index (Phi) is 5.93. The van der Waals surface area contributed by atoms with Gasteiger partial charge in [-0.1, -0.05) is 30.2 Å². The standard InChI is InChI=1S/C25H27ClF3N3/c26-20-9-6-17(7-10-20)14-24-30-21-15-19(25(27,28)29)8-11-23(21)32(24)16-18-4-3-13-31-12-2-1-5-22(18)31/h6-11,15,18,22H,1-5,12-14,16H2/t18-,22+/m0/s1. The molecule has 2 aliphatic rings. The van der Waals surface area contributed by atoms with Crippen LogP contribution in [0, 0.1) is 5.92 Å². The number of alkyl halides is 3. The summed E-state index contributed by atoms with van der Waals surface area (Å²) in [5.41, 5.74) is 1.60. The Bertz CT molecular complexity index is 1090. The van der Waals surface area contributed by atoms with E-state index in [-0.39, 0.29) is 0 Å². The van der Waals surface area contributed by atoms with E-state index >= 15 is 0 Å². The van der Waals surface area contributed by atoms with E-state index in [2.05, 4.69) is 9.47 Å². The quantitative estimate of drug-likeness (QED) is 0.438. The molecule has 7 heteroatoms. The van der Waals surface area contributed by atoms with Crippen LogP contribution in [0.15, 0.2) is 42.5 Å². The van der Waals surface area contributed by atoms with Crippen molar-refractivity contribution in [3.8, 4) is 0 Å². The van der Waals surface area contributed by atoms with Crippen molar-refractivity contribution in [3.63, 3.8) is 0 Å². The Morgan fingerprint density at radius 1 is 0.969 bits per heavy atom. The van der Waals surface area contributed by atoms with Gasteiger partial charge in [-0.2, -0.15) is 13.2 Å².